The Bertz CT molecular complexity index is 4530. The average molecular weight is 1190 g/mol. The first kappa shape index (κ1) is 54.9. The molecule has 0 saturated heterocycles. The van der Waals surface area contributed by atoms with E-state index in [-0.39, 0.29) is 69.0 Å². The van der Waals surface area contributed by atoms with Crippen molar-refractivity contribution >= 4 is 80.1 Å². The van der Waals surface area contributed by atoms with Crippen molar-refractivity contribution in [1.29, 1.82) is 0 Å². The number of carbonyl (C=O) groups is 4. The summed E-state index contributed by atoms with van der Waals surface area (Å²) in [5, 5.41) is 15.3. The molecule has 0 radical (unpaired) electrons. The number of nitrogens with one attached hydrogen (secondary N) is 4. The number of allylic oxidation sites excluding steroid dienone is 4. The molecule has 5 atom stereocenters. The third kappa shape index (κ3) is 7.57. The number of aromatic nitrogens is 2. The van der Waals surface area contributed by atoms with E-state index in [9.17, 15) is 19.2 Å². The van der Waals surface area contributed by atoms with Crippen LogP contribution in [0, 0.1) is 45.3 Å². The van der Waals surface area contributed by atoms with E-state index in [0.717, 1.165) is 104 Å². The van der Waals surface area contributed by atoms with E-state index >= 15 is 0 Å². The summed E-state index contributed by atoms with van der Waals surface area (Å²) in [6, 6.07) is 31.8. The van der Waals surface area contributed by atoms with Crippen LogP contribution in [0.25, 0.3) is 22.3 Å². The van der Waals surface area contributed by atoms with Gasteiger partial charge in [-0.2, -0.15) is 9.13 Å². The van der Waals surface area contributed by atoms with Crippen LogP contribution in [-0.4, -0.2) is 81.8 Å². The molecule has 2 aromatic heterocycles. The van der Waals surface area contributed by atoms with E-state index in [1.165, 1.54) is 0 Å². The van der Waals surface area contributed by atoms with E-state index in [0.29, 0.717) is 56.9 Å². The van der Waals surface area contributed by atoms with Crippen molar-refractivity contribution in [1.82, 2.24) is 9.13 Å². The second kappa shape index (κ2) is 18.3. The summed E-state index contributed by atoms with van der Waals surface area (Å²) in [6.45, 7) is 16.9. The highest BCUT2D eigenvalue weighted by atomic mass is 16.5. The molecule has 1 unspecified atom stereocenters. The first-order chi connectivity index (χ1) is 42.6. The van der Waals surface area contributed by atoms with Crippen molar-refractivity contribution < 1.29 is 47.3 Å². The van der Waals surface area contributed by atoms with Gasteiger partial charge in [-0.05, 0) is 120 Å². The standard InChI is InChI=1S/C73H70N8O8/c1-69(2)33-37(69)65(82)74-41-17-13-18-42(75-66(83)38-34-70(38,3)4)57(41)59-45-25-29-49-61(63-53(86-9)21-15-22-54(63)87-10)51-31-27-47-60(58-43(76-67(84)39-35-71(39,5)6)19-14-20-44(58)77-68(85)40-36-72(40,7)8)48-28-32-52-62(64-55(88-11)23-16-24-56(64)89-12)50-30-26-46(59)79(50)73(78(45)49,80(47)51)81(48)52/h13-32,37-40H,33-36H2,1-12H3,(H2-,74,75,76,77,82,83,84,85)/p+2/t37-,38-,39-,40-,73?/m1/s1. The topological polar surface area (TPSA) is 169 Å². The second-order valence-electron chi connectivity index (χ2n) is 28.3. The minimum Gasteiger partial charge on any atom is -0.496 e. The average Bonchev–Trinajstić information content (AvgIpc) is 1.56. The summed E-state index contributed by atoms with van der Waals surface area (Å²) < 4.78 is 35.0. The predicted molar refractivity (Wildman–Crippen MR) is 341 cm³/mol. The van der Waals surface area contributed by atoms with E-state index in [1.54, 1.807) is 28.4 Å². The first-order valence-electron chi connectivity index (χ1n) is 30.9. The van der Waals surface area contributed by atoms with E-state index in [2.05, 4.69) is 144 Å². The number of ether oxygens (including phenoxy) is 4. The Kier molecular flexibility index (Phi) is 11.3. The molecule has 89 heavy (non-hydrogen) atoms. The van der Waals surface area contributed by atoms with Crippen LogP contribution in [0.1, 0.15) is 115 Å². The van der Waals surface area contributed by atoms with Gasteiger partial charge in [-0.15, -0.1) is 0 Å². The highest BCUT2D eigenvalue weighted by Gasteiger charge is 2.74. The van der Waals surface area contributed by atoms with Crippen LogP contribution in [0.4, 0.5) is 22.7 Å². The SMILES string of the molecule is COc1cccc(OC)c1C1=C2C=CC3=[N+]2C24n5c(ccc51)C(c1c(NC(=O)[C@H]5CC5(C)C)cccc1NC(=O)[C@H]1CC1(C)C)=C1C=CC(=[N+]12)C(c1c(OC)cccc1OC)=c1ccc(n14)=C3c1c(NC(=O)[C@H]2CC2(C)C)cccc1NC(=O)[C@H]1CC1(C)C. The zero-order valence-corrected chi connectivity index (χ0v) is 52.2. The lowest BCUT2D eigenvalue weighted by atomic mass is 9.90. The molecule has 4 N–H and O–H groups in total. The number of carbonyl (C=O) groups excluding carboxylic acids is 4. The maximum Gasteiger partial charge on any atom is 0.553 e. The third-order valence-electron chi connectivity index (χ3n) is 21.1. The minimum absolute atomic E-state index is 0.0876. The lowest BCUT2D eigenvalue weighted by Crippen LogP contribution is -2.71. The van der Waals surface area contributed by atoms with Crippen molar-refractivity contribution in [3.63, 3.8) is 0 Å². The van der Waals surface area contributed by atoms with Gasteiger partial charge in [-0.25, -0.2) is 0 Å². The molecule has 1 spiro atoms. The number of rotatable bonds is 16. The van der Waals surface area contributed by atoms with Crippen LogP contribution < -0.4 is 50.9 Å². The first-order valence-corrected chi connectivity index (χ1v) is 30.9. The van der Waals surface area contributed by atoms with Crippen molar-refractivity contribution in [2.24, 2.45) is 45.3 Å². The number of amides is 4. The van der Waals surface area contributed by atoms with Gasteiger partial charge in [0.15, 0.2) is 0 Å². The number of hydrogen-bond donors (Lipinski definition) is 4. The Balaban J connectivity index is 1.07. The molecule has 6 aliphatic heterocycles. The lowest BCUT2D eigenvalue weighted by molar-refractivity contribution is -0.834. The molecular weight excluding hydrogens is 1120 g/mol. The highest BCUT2D eigenvalue weighted by molar-refractivity contribution is 6.32. The smallest absolute Gasteiger partial charge is 0.496 e. The van der Waals surface area contributed by atoms with Gasteiger partial charge in [0.25, 0.3) is 0 Å². The van der Waals surface area contributed by atoms with Gasteiger partial charge in [0.1, 0.15) is 23.0 Å². The maximum atomic E-state index is 14.7. The van der Waals surface area contributed by atoms with Gasteiger partial charge in [0.05, 0.1) is 107 Å². The second-order valence-corrected chi connectivity index (χ2v) is 28.3. The molecule has 4 aliphatic carbocycles. The number of benzene rings is 4. The van der Waals surface area contributed by atoms with Crippen LogP contribution in [0.5, 0.6) is 23.0 Å². The molecule has 450 valence electrons. The zero-order chi connectivity index (χ0) is 61.9. The Labute approximate surface area is 516 Å². The maximum absolute atomic E-state index is 14.7. The van der Waals surface area contributed by atoms with Crippen molar-refractivity contribution in [3.8, 4) is 23.0 Å². The zero-order valence-electron chi connectivity index (χ0n) is 52.2. The largest absolute Gasteiger partial charge is 0.553 e. The van der Waals surface area contributed by atoms with Crippen LogP contribution in [0.2, 0.25) is 0 Å². The molecule has 8 heterocycles. The lowest BCUT2D eigenvalue weighted by Gasteiger charge is -2.41. The van der Waals surface area contributed by atoms with E-state index in [4.69, 9.17) is 18.9 Å². The van der Waals surface area contributed by atoms with Crippen LogP contribution in [0.3, 0.4) is 0 Å². The monoisotopic (exact) mass is 1190 g/mol. The molecular formula is C73H72N8O8+2. The van der Waals surface area contributed by atoms with Gasteiger partial charge >= 0.3 is 5.91 Å². The van der Waals surface area contributed by atoms with Crippen LogP contribution >= 0.6 is 0 Å². The summed E-state index contributed by atoms with van der Waals surface area (Å²) >= 11 is 0. The summed E-state index contributed by atoms with van der Waals surface area (Å²) in [7, 11) is 6.68. The molecule has 4 fully saturated rings. The van der Waals surface area contributed by atoms with Gasteiger partial charge in [-0.1, -0.05) is 88.8 Å². The molecule has 16 heteroatoms. The Hall–Kier alpha value is -9.44. The Morgan fingerprint density at radius 2 is 0.685 bits per heavy atom. The highest BCUT2D eigenvalue weighted by Crippen LogP contribution is 2.60. The molecule has 4 saturated carbocycles. The van der Waals surface area contributed by atoms with Crippen LogP contribution in [0.15, 0.2) is 133 Å². The number of anilines is 4. The predicted octanol–water partition coefficient (Wildman–Crippen LogP) is 10.4. The Morgan fingerprint density at radius 1 is 0.393 bits per heavy atom. The van der Waals surface area contributed by atoms with Gasteiger partial charge < -0.3 is 40.2 Å². The fourth-order valence-corrected chi connectivity index (χ4v) is 15.5. The fraction of sp³-hybridized carbons (Fsp3) is 0.342. The number of methoxy groups -OCH3 is 4. The molecule has 10 aliphatic rings. The Morgan fingerprint density at radius 3 is 1.01 bits per heavy atom. The van der Waals surface area contributed by atoms with E-state index in [1.807, 2.05) is 72.8 Å². The number of nitrogens with zero attached hydrogens (tertiary/aromatic N) is 4. The minimum atomic E-state index is -1.38. The normalized spacial score (nSPS) is 24.3. The molecule has 16 rings (SSSR count). The van der Waals surface area contributed by atoms with Gasteiger partial charge in [-0.3, -0.25) is 19.2 Å². The molecule has 4 aromatic carbocycles. The van der Waals surface area contributed by atoms with Crippen molar-refractivity contribution in [2.45, 2.75) is 87.0 Å². The number of hydrogen-bond acceptors (Lipinski definition) is 8. The third-order valence-corrected chi connectivity index (χ3v) is 21.1. The van der Waals surface area contributed by atoms with Crippen molar-refractivity contribution in [2.75, 3.05) is 49.7 Å². The molecule has 16 nitrogen and oxygen atoms in total. The van der Waals surface area contributed by atoms with Gasteiger partial charge in [0.2, 0.25) is 46.4 Å². The van der Waals surface area contributed by atoms with E-state index < -0.39 is 5.91 Å². The van der Waals surface area contributed by atoms with Gasteiger partial charge in [0, 0.05) is 59.1 Å². The summed E-state index contributed by atoms with van der Waals surface area (Å²) in [5.41, 5.74) is 12.2. The molecule has 0 bridgehead atoms. The molecule has 4 amide bonds. The van der Waals surface area contributed by atoms with Crippen LogP contribution in [-0.2, 0) is 25.1 Å². The molecule has 6 aromatic rings. The summed E-state index contributed by atoms with van der Waals surface area (Å²) in [6.07, 6.45) is 11.6. The quantitative estimate of drug-likeness (QED) is 0.0695. The summed E-state index contributed by atoms with van der Waals surface area (Å²) in [5.74, 6) is -0.225. The van der Waals surface area contributed by atoms with Crippen molar-refractivity contribution in [3.05, 3.63) is 177 Å². The summed E-state index contributed by atoms with van der Waals surface area (Å²) in [4.78, 5) is 58.8. The fourth-order valence-electron chi connectivity index (χ4n) is 15.5.